The zero-order chi connectivity index (χ0) is 10.2. The molecule has 2 saturated heterocycles. The molecule has 0 aromatic carbocycles. The van der Waals surface area contributed by atoms with E-state index in [2.05, 4.69) is 26.1 Å². The highest BCUT2D eigenvalue weighted by atomic mass is 16.5. The van der Waals surface area contributed by atoms with Crippen LogP contribution in [0.1, 0.15) is 46.5 Å². The maximum atomic E-state index is 5.81. The molecule has 0 aromatic heterocycles. The van der Waals surface area contributed by atoms with Crippen LogP contribution < -0.4 is 5.32 Å². The molecule has 2 heteroatoms. The van der Waals surface area contributed by atoms with Gasteiger partial charge in [0.15, 0.2) is 0 Å². The molecule has 0 radical (unpaired) electrons. The summed E-state index contributed by atoms with van der Waals surface area (Å²) >= 11 is 0. The third-order valence-electron chi connectivity index (χ3n) is 3.39. The zero-order valence-corrected chi connectivity index (χ0v) is 9.68. The summed E-state index contributed by atoms with van der Waals surface area (Å²) in [5, 5.41) is 3.64. The number of hydrogen-bond donors (Lipinski definition) is 1. The highest BCUT2D eigenvalue weighted by molar-refractivity contribution is 4.93. The van der Waals surface area contributed by atoms with Gasteiger partial charge in [0.05, 0.1) is 12.2 Å². The molecule has 2 aliphatic heterocycles. The second-order valence-electron chi connectivity index (χ2n) is 5.98. The minimum Gasteiger partial charge on any atom is -0.373 e. The van der Waals surface area contributed by atoms with E-state index in [-0.39, 0.29) is 0 Å². The van der Waals surface area contributed by atoms with Crippen molar-refractivity contribution >= 4 is 0 Å². The average molecular weight is 197 g/mol. The number of ether oxygens (including phenoxy) is 1. The summed E-state index contributed by atoms with van der Waals surface area (Å²) in [6, 6.07) is 0.649. The number of nitrogens with one attached hydrogen (secondary N) is 1. The minimum absolute atomic E-state index is 0.450. The quantitative estimate of drug-likeness (QED) is 0.750. The normalized spacial score (nSPS) is 36.6. The van der Waals surface area contributed by atoms with Gasteiger partial charge in [0.2, 0.25) is 0 Å². The molecule has 2 rings (SSSR count). The van der Waals surface area contributed by atoms with Crippen LogP contribution in [0.15, 0.2) is 0 Å². The third-order valence-corrected chi connectivity index (χ3v) is 3.39. The van der Waals surface area contributed by atoms with Gasteiger partial charge in [0.1, 0.15) is 0 Å². The van der Waals surface area contributed by atoms with E-state index in [1.165, 1.54) is 25.7 Å². The van der Waals surface area contributed by atoms with Crippen LogP contribution in [-0.4, -0.2) is 24.8 Å². The van der Waals surface area contributed by atoms with Gasteiger partial charge in [-0.2, -0.15) is 0 Å². The fraction of sp³-hybridized carbons (Fsp3) is 1.00. The van der Waals surface area contributed by atoms with Crippen molar-refractivity contribution in [2.75, 3.05) is 6.54 Å². The van der Waals surface area contributed by atoms with Gasteiger partial charge in [-0.25, -0.2) is 0 Å². The smallest absolute Gasteiger partial charge is 0.0733 e. The zero-order valence-electron chi connectivity index (χ0n) is 9.68. The van der Waals surface area contributed by atoms with Crippen molar-refractivity contribution in [3.05, 3.63) is 0 Å². The van der Waals surface area contributed by atoms with Gasteiger partial charge in [0, 0.05) is 6.04 Å². The van der Waals surface area contributed by atoms with Gasteiger partial charge in [-0.3, -0.25) is 0 Å². The van der Waals surface area contributed by atoms with E-state index >= 15 is 0 Å². The first-order valence-electron chi connectivity index (χ1n) is 5.93. The SMILES string of the molecule is CC(C)(C)CCNC1CC2CCC1O2. The molecule has 2 bridgehead atoms. The average Bonchev–Trinajstić information content (AvgIpc) is 2.62. The van der Waals surface area contributed by atoms with Crippen molar-refractivity contribution in [2.24, 2.45) is 5.41 Å². The van der Waals surface area contributed by atoms with E-state index < -0.39 is 0 Å². The summed E-state index contributed by atoms with van der Waals surface area (Å²) in [5.74, 6) is 0. The first-order chi connectivity index (χ1) is 6.54. The van der Waals surface area contributed by atoms with Crippen molar-refractivity contribution in [1.29, 1.82) is 0 Å². The lowest BCUT2D eigenvalue weighted by molar-refractivity contribution is 0.0971. The molecule has 2 nitrogen and oxygen atoms in total. The van der Waals surface area contributed by atoms with Crippen LogP contribution in [0.5, 0.6) is 0 Å². The molecule has 0 spiro atoms. The fourth-order valence-electron chi connectivity index (χ4n) is 2.49. The van der Waals surface area contributed by atoms with Crippen LogP contribution in [0, 0.1) is 5.41 Å². The van der Waals surface area contributed by atoms with E-state index in [9.17, 15) is 0 Å². The first kappa shape index (κ1) is 10.4. The van der Waals surface area contributed by atoms with Crippen LogP contribution in [0.3, 0.4) is 0 Å². The van der Waals surface area contributed by atoms with E-state index in [0.29, 0.717) is 23.7 Å². The Kier molecular flexibility index (Phi) is 2.85. The third kappa shape index (κ3) is 2.48. The van der Waals surface area contributed by atoms with Crippen LogP contribution in [-0.2, 0) is 4.74 Å². The van der Waals surface area contributed by atoms with Gasteiger partial charge in [0.25, 0.3) is 0 Å². The number of rotatable bonds is 3. The van der Waals surface area contributed by atoms with Crippen LogP contribution in [0.2, 0.25) is 0 Å². The summed E-state index contributed by atoms with van der Waals surface area (Å²) in [5.41, 5.74) is 0.450. The molecule has 3 unspecified atom stereocenters. The van der Waals surface area contributed by atoms with E-state index in [1.54, 1.807) is 0 Å². The second kappa shape index (κ2) is 3.82. The molecular formula is C12H23NO. The predicted molar refractivity (Wildman–Crippen MR) is 58.4 cm³/mol. The Bertz CT molecular complexity index is 197. The minimum atomic E-state index is 0.450. The Morgan fingerprint density at radius 2 is 2.07 bits per heavy atom. The molecule has 3 atom stereocenters. The number of fused-ring (bicyclic) bond motifs is 2. The van der Waals surface area contributed by atoms with E-state index in [0.717, 1.165) is 6.54 Å². The van der Waals surface area contributed by atoms with Crippen molar-refractivity contribution in [3.63, 3.8) is 0 Å². The fourth-order valence-corrected chi connectivity index (χ4v) is 2.49. The van der Waals surface area contributed by atoms with Gasteiger partial charge in [-0.05, 0) is 37.6 Å². The van der Waals surface area contributed by atoms with Crippen LogP contribution in [0.4, 0.5) is 0 Å². The Morgan fingerprint density at radius 3 is 2.57 bits per heavy atom. The highest BCUT2D eigenvalue weighted by Crippen LogP contribution is 2.34. The lowest BCUT2D eigenvalue weighted by Crippen LogP contribution is -2.38. The topological polar surface area (TPSA) is 21.3 Å². The van der Waals surface area contributed by atoms with Crippen LogP contribution in [0.25, 0.3) is 0 Å². The standard InChI is InChI=1S/C12H23NO/c1-12(2,3)6-7-13-10-8-9-4-5-11(10)14-9/h9-11,13H,4-8H2,1-3H3. The largest absolute Gasteiger partial charge is 0.373 e. The summed E-state index contributed by atoms with van der Waals surface area (Å²) in [6.07, 6.45) is 6.17. The number of hydrogen-bond acceptors (Lipinski definition) is 2. The Hall–Kier alpha value is -0.0800. The van der Waals surface area contributed by atoms with Crippen molar-refractivity contribution in [3.8, 4) is 0 Å². The summed E-state index contributed by atoms with van der Waals surface area (Å²) in [6.45, 7) is 8.03. The summed E-state index contributed by atoms with van der Waals surface area (Å²) in [7, 11) is 0. The molecule has 2 heterocycles. The molecule has 2 aliphatic rings. The maximum absolute atomic E-state index is 5.81. The van der Waals surface area contributed by atoms with Crippen molar-refractivity contribution in [1.82, 2.24) is 5.32 Å². The molecule has 14 heavy (non-hydrogen) atoms. The van der Waals surface area contributed by atoms with Crippen molar-refractivity contribution < 1.29 is 4.74 Å². The molecule has 0 aliphatic carbocycles. The van der Waals surface area contributed by atoms with E-state index in [1.807, 2.05) is 0 Å². The molecule has 82 valence electrons. The molecule has 1 N–H and O–H groups in total. The second-order valence-corrected chi connectivity index (χ2v) is 5.98. The lowest BCUT2D eigenvalue weighted by Gasteiger charge is -2.23. The molecule has 0 aromatic rings. The van der Waals surface area contributed by atoms with Crippen molar-refractivity contribution in [2.45, 2.75) is 64.7 Å². The first-order valence-corrected chi connectivity index (χ1v) is 5.93. The van der Waals surface area contributed by atoms with Crippen LogP contribution >= 0.6 is 0 Å². The molecule has 0 saturated carbocycles. The molecule has 2 fully saturated rings. The summed E-state index contributed by atoms with van der Waals surface area (Å²) < 4.78 is 5.81. The Labute approximate surface area is 87.4 Å². The van der Waals surface area contributed by atoms with Gasteiger partial charge < -0.3 is 10.1 Å². The Morgan fingerprint density at radius 1 is 1.29 bits per heavy atom. The Balaban J connectivity index is 1.67. The van der Waals surface area contributed by atoms with Gasteiger partial charge >= 0.3 is 0 Å². The molecule has 0 amide bonds. The lowest BCUT2D eigenvalue weighted by atomic mass is 9.91. The monoisotopic (exact) mass is 197 g/mol. The maximum Gasteiger partial charge on any atom is 0.0733 e. The van der Waals surface area contributed by atoms with E-state index in [4.69, 9.17) is 4.74 Å². The summed E-state index contributed by atoms with van der Waals surface area (Å²) in [4.78, 5) is 0. The molecular weight excluding hydrogens is 174 g/mol. The van der Waals surface area contributed by atoms with Gasteiger partial charge in [-0.1, -0.05) is 20.8 Å². The predicted octanol–water partition coefficient (Wildman–Crippen LogP) is 2.33. The van der Waals surface area contributed by atoms with Gasteiger partial charge in [-0.15, -0.1) is 0 Å². The highest BCUT2D eigenvalue weighted by Gasteiger charge is 2.40.